The zero-order chi connectivity index (χ0) is 21.7. The van der Waals surface area contributed by atoms with Gasteiger partial charge in [-0.1, -0.05) is 28.1 Å². The molecule has 1 N–H and O–H groups in total. The fourth-order valence-corrected chi connectivity index (χ4v) is 3.84. The Morgan fingerprint density at radius 2 is 1.63 bits per heavy atom. The van der Waals surface area contributed by atoms with E-state index >= 15 is 0 Å². The van der Waals surface area contributed by atoms with E-state index in [1.54, 1.807) is 21.9 Å². The molecule has 0 unspecified atom stereocenters. The molecule has 1 fully saturated rings. The number of hydrogen-bond donors (Lipinski definition) is 1. The van der Waals surface area contributed by atoms with Crippen molar-refractivity contribution in [3.8, 4) is 5.75 Å². The first-order valence-corrected chi connectivity index (χ1v) is 10.4. The van der Waals surface area contributed by atoms with E-state index in [-0.39, 0.29) is 36.0 Å². The van der Waals surface area contributed by atoms with Crippen molar-refractivity contribution in [1.29, 1.82) is 0 Å². The van der Waals surface area contributed by atoms with Gasteiger partial charge in [-0.25, -0.2) is 4.79 Å². The van der Waals surface area contributed by atoms with Crippen LogP contribution in [0.2, 0.25) is 0 Å². The minimum absolute atomic E-state index is 0.0126. The van der Waals surface area contributed by atoms with Crippen LogP contribution in [-0.4, -0.2) is 65.5 Å². The van der Waals surface area contributed by atoms with E-state index < -0.39 is 5.97 Å². The summed E-state index contributed by atoms with van der Waals surface area (Å²) in [5, 5.41) is 9.29. The summed E-state index contributed by atoms with van der Waals surface area (Å²) < 4.78 is 6.69. The van der Waals surface area contributed by atoms with Gasteiger partial charge in [0.25, 0.3) is 5.91 Å². The molecule has 2 amide bonds. The summed E-state index contributed by atoms with van der Waals surface area (Å²) in [6, 6.07) is 11.9. The summed E-state index contributed by atoms with van der Waals surface area (Å²) in [7, 11) is 0. The number of carboxylic acid groups (broad SMARTS) is 1. The number of carbonyl (C=O) groups excluding carboxylic acids is 2. The molecule has 0 aromatic heterocycles. The first-order chi connectivity index (χ1) is 14.4. The Labute approximate surface area is 183 Å². The number of nitrogens with zero attached hydrogens (tertiary/aromatic N) is 2. The number of carboxylic acids is 1. The minimum Gasteiger partial charge on any atom is -0.493 e. The first-order valence-electron chi connectivity index (χ1n) is 9.65. The van der Waals surface area contributed by atoms with Crippen LogP contribution >= 0.6 is 15.9 Å². The summed E-state index contributed by atoms with van der Waals surface area (Å²) in [4.78, 5) is 39.9. The number of piperazine rings is 1. The molecule has 1 aliphatic rings. The smallest absolute Gasteiger partial charge is 0.336 e. The van der Waals surface area contributed by atoms with Crippen molar-refractivity contribution in [3.05, 3.63) is 63.6 Å². The standard InChI is InChI=1S/C22H23BrN2O5/c1-15-14-16(23)6-7-19(15)30-13-8-20(26)24-9-11-25(12-10-24)21(27)17-4-2-3-5-18(17)22(28)29/h2-7,14H,8-13H2,1H3,(H,28,29). The Morgan fingerprint density at radius 3 is 2.27 bits per heavy atom. The number of benzene rings is 2. The third-order valence-electron chi connectivity index (χ3n) is 5.02. The van der Waals surface area contributed by atoms with Crippen molar-refractivity contribution in [1.82, 2.24) is 9.80 Å². The molecule has 0 aliphatic carbocycles. The summed E-state index contributed by atoms with van der Waals surface area (Å²) in [6.45, 7) is 3.79. The van der Waals surface area contributed by atoms with Crippen LogP contribution in [-0.2, 0) is 4.79 Å². The van der Waals surface area contributed by atoms with Crippen LogP contribution in [0.25, 0.3) is 0 Å². The molecule has 2 aromatic rings. The highest BCUT2D eigenvalue weighted by atomic mass is 79.9. The zero-order valence-corrected chi connectivity index (χ0v) is 18.2. The number of hydrogen-bond acceptors (Lipinski definition) is 4. The van der Waals surface area contributed by atoms with Gasteiger partial charge in [-0.3, -0.25) is 9.59 Å². The van der Waals surface area contributed by atoms with Gasteiger partial charge in [0.2, 0.25) is 5.91 Å². The van der Waals surface area contributed by atoms with Crippen LogP contribution < -0.4 is 4.74 Å². The van der Waals surface area contributed by atoms with E-state index in [1.165, 1.54) is 12.1 Å². The third-order valence-corrected chi connectivity index (χ3v) is 5.51. The SMILES string of the molecule is Cc1cc(Br)ccc1OCCC(=O)N1CCN(C(=O)c2ccccc2C(=O)O)CC1. The molecule has 1 heterocycles. The van der Waals surface area contributed by atoms with Gasteiger partial charge >= 0.3 is 5.97 Å². The van der Waals surface area contributed by atoms with Gasteiger partial charge in [-0.2, -0.15) is 0 Å². The van der Waals surface area contributed by atoms with Gasteiger partial charge in [0, 0.05) is 30.7 Å². The lowest BCUT2D eigenvalue weighted by atomic mass is 10.1. The highest BCUT2D eigenvalue weighted by Gasteiger charge is 2.27. The summed E-state index contributed by atoms with van der Waals surface area (Å²) >= 11 is 3.41. The van der Waals surface area contributed by atoms with Crippen molar-refractivity contribution in [3.63, 3.8) is 0 Å². The molecule has 0 atom stereocenters. The van der Waals surface area contributed by atoms with Crippen LogP contribution in [0.4, 0.5) is 0 Å². The average Bonchev–Trinajstić information content (AvgIpc) is 2.74. The average molecular weight is 475 g/mol. The molecule has 0 bridgehead atoms. The number of halogens is 1. The molecule has 7 nitrogen and oxygen atoms in total. The number of rotatable bonds is 6. The Balaban J connectivity index is 1.49. The summed E-state index contributed by atoms with van der Waals surface area (Å²) in [5.41, 5.74) is 1.15. The quantitative estimate of drug-likeness (QED) is 0.694. The fraction of sp³-hybridized carbons (Fsp3) is 0.318. The third kappa shape index (κ3) is 5.18. The van der Waals surface area contributed by atoms with E-state index in [0.717, 1.165) is 15.8 Å². The fourth-order valence-electron chi connectivity index (χ4n) is 3.37. The molecular weight excluding hydrogens is 452 g/mol. The Bertz CT molecular complexity index is 954. The van der Waals surface area contributed by atoms with Crippen LogP contribution in [0.3, 0.4) is 0 Å². The lowest BCUT2D eigenvalue weighted by Gasteiger charge is -2.35. The Hall–Kier alpha value is -2.87. The lowest BCUT2D eigenvalue weighted by Crippen LogP contribution is -2.51. The largest absolute Gasteiger partial charge is 0.493 e. The monoisotopic (exact) mass is 474 g/mol. The maximum Gasteiger partial charge on any atom is 0.336 e. The molecular formula is C22H23BrN2O5. The van der Waals surface area contributed by atoms with Gasteiger partial charge in [0.15, 0.2) is 0 Å². The van der Waals surface area contributed by atoms with Crippen molar-refractivity contribution in [2.75, 3.05) is 32.8 Å². The highest BCUT2D eigenvalue weighted by molar-refractivity contribution is 9.10. The second kappa shape index (κ2) is 9.75. The van der Waals surface area contributed by atoms with E-state index in [4.69, 9.17) is 4.74 Å². The van der Waals surface area contributed by atoms with Crippen LogP contribution in [0.15, 0.2) is 46.9 Å². The molecule has 0 spiro atoms. The van der Waals surface area contributed by atoms with E-state index in [9.17, 15) is 19.5 Å². The predicted molar refractivity (Wildman–Crippen MR) is 115 cm³/mol. The number of aromatic carboxylic acids is 1. The topological polar surface area (TPSA) is 87.2 Å². The zero-order valence-electron chi connectivity index (χ0n) is 16.6. The van der Waals surface area contributed by atoms with E-state index in [2.05, 4.69) is 15.9 Å². The maximum absolute atomic E-state index is 12.7. The molecule has 3 rings (SSSR count). The minimum atomic E-state index is -1.13. The van der Waals surface area contributed by atoms with Gasteiger partial charge in [0.1, 0.15) is 5.75 Å². The Morgan fingerprint density at radius 1 is 1.00 bits per heavy atom. The van der Waals surface area contributed by atoms with Crippen molar-refractivity contribution in [2.45, 2.75) is 13.3 Å². The predicted octanol–water partition coefficient (Wildman–Crippen LogP) is 3.21. The van der Waals surface area contributed by atoms with Crippen LogP contribution in [0, 0.1) is 6.92 Å². The Kier molecular flexibility index (Phi) is 7.10. The lowest BCUT2D eigenvalue weighted by molar-refractivity contribution is -0.133. The number of amides is 2. The maximum atomic E-state index is 12.7. The first kappa shape index (κ1) is 21.8. The number of carbonyl (C=O) groups is 3. The molecule has 8 heteroatoms. The second-order valence-corrected chi connectivity index (χ2v) is 7.95. The highest BCUT2D eigenvalue weighted by Crippen LogP contribution is 2.22. The van der Waals surface area contributed by atoms with Gasteiger partial charge in [-0.05, 0) is 42.8 Å². The van der Waals surface area contributed by atoms with Crippen LogP contribution in [0.5, 0.6) is 5.75 Å². The molecule has 1 saturated heterocycles. The van der Waals surface area contributed by atoms with Gasteiger partial charge < -0.3 is 19.6 Å². The van der Waals surface area contributed by atoms with Crippen molar-refractivity contribution >= 4 is 33.7 Å². The van der Waals surface area contributed by atoms with Crippen LogP contribution in [0.1, 0.15) is 32.7 Å². The van der Waals surface area contributed by atoms with Crippen molar-refractivity contribution in [2.24, 2.45) is 0 Å². The van der Waals surface area contributed by atoms with Crippen molar-refractivity contribution < 1.29 is 24.2 Å². The summed E-state index contributed by atoms with van der Waals surface area (Å²) in [5.74, 6) is -0.732. The molecule has 30 heavy (non-hydrogen) atoms. The van der Waals surface area contributed by atoms with E-state index in [1.807, 2.05) is 25.1 Å². The van der Waals surface area contributed by atoms with E-state index in [0.29, 0.717) is 26.2 Å². The molecule has 0 radical (unpaired) electrons. The second-order valence-electron chi connectivity index (χ2n) is 7.03. The number of aryl methyl sites for hydroxylation is 1. The number of ether oxygens (including phenoxy) is 1. The van der Waals surface area contributed by atoms with Gasteiger partial charge in [-0.15, -0.1) is 0 Å². The molecule has 2 aromatic carbocycles. The molecule has 158 valence electrons. The van der Waals surface area contributed by atoms with Gasteiger partial charge in [0.05, 0.1) is 24.2 Å². The normalized spacial score (nSPS) is 13.8. The molecule has 1 aliphatic heterocycles. The summed E-state index contributed by atoms with van der Waals surface area (Å²) in [6.07, 6.45) is 0.255. The molecule has 0 saturated carbocycles.